The number of halogens is 1. The van der Waals surface area contributed by atoms with Crippen molar-refractivity contribution in [1.82, 2.24) is 9.80 Å². The molecule has 4 rings (SSSR count). The van der Waals surface area contributed by atoms with Crippen LogP contribution in [0.15, 0.2) is 60.0 Å². The molecule has 2 aromatic carbocycles. The number of hydrogen-bond acceptors (Lipinski definition) is 4. The van der Waals surface area contributed by atoms with Crippen LogP contribution in [-0.2, 0) is 11.2 Å². The number of amides is 2. The number of carbonyl (C=O) groups excluding carboxylic acids is 2. The lowest BCUT2D eigenvalue weighted by atomic mass is 10.00. The van der Waals surface area contributed by atoms with Crippen LogP contribution in [0.1, 0.15) is 66.0 Å². The standard InChI is InChI=1S/C30H35ClN2O3S/c1-20(2)17-32(30(35)23-6-5-7-24(31)16-23)18-29(34)33-14-12-28-26(13-15-37-28)27(33)19-36-25-10-8-22(9-11-25)21(3)4/h5-11,13,15-16,20-21,27H,12,14,17-19H2,1-4H3. The Bertz CT molecular complexity index is 1220. The Hall–Kier alpha value is -2.83. The molecule has 7 heteroatoms. The lowest BCUT2D eigenvalue weighted by Gasteiger charge is -2.37. The number of benzene rings is 2. The minimum atomic E-state index is -0.200. The van der Waals surface area contributed by atoms with Gasteiger partial charge < -0.3 is 14.5 Å². The smallest absolute Gasteiger partial charge is 0.254 e. The minimum absolute atomic E-state index is 0.0165. The summed E-state index contributed by atoms with van der Waals surface area (Å²) in [6, 6.07) is 17.0. The first-order chi connectivity index (χ1) is 17.7. The second-order valence-corrected chi connectivity index (χ2v) is 11.7. The van der Waals surface area contributed by atoms with Crippen LogP contribution >= 0.6 is 22.9 Å². The third-order valence-corrected chi connectivity index (χ3v) is 7.87. The van der Waals surface area contributed by atoms with Crippen LogP contribution in [0.5, 0.6) is 5.75 Å². The zero-order valence-electron chi connectivity index (χ0n) is 21.9. The van der Waals surface area contributed by atoms with Crippen molar-refractivity contribution in [1.29, 1.82) is 0 Å². The molecule has 2 amide bonds. The molecule has 0 aliphatic carbocycles. The van der Waals surface area contributed by atoms with E-state index in [4.69, 9.17) is 16.3 Å². The van der Waals surface area contributed by atoms with Gasteiger partial charge in [0.25, 0.3) is 5.91 Å². The Morgan fingerprint density at radius 2 is 1.86 bits per heavy atom. The Balaban J connectivity index is 1.52. The average molecular weight is 539 g/mol. The lowest BCUT2D eigenvalue weighted by molar-refractivity contribution is -0.135. The number of nitrogens with zero attached hydrogens (tertiary/aromatic N) is 2. The zero-order chi connectivity index (χ0) is 26.5. The summed E-state index contributed by atoms with van der Waals surface area (Å²) in [5.41, 5.74) is 2.89. The maximum atomic E-state index is 13.7. The van der Waals surface area contributed by atoms with E-state index in [0.29, 0.717) is 36.2 Å². The van der Waals surface area contributed by atoms with Crippen LogP contribution in [0.4, 0.5) is 0 Å². The monoisotopic (exact) mass is 538 g/mol. The van der Waals surface area contributed by atoms with E-state index in [-0.39, 0.29) is 30.3 Å². The fourth-order valence-electron chi connectivity index (χ4n) is 4.72. The second-order valence-electron chi connectivity index (χ2n) is 10.3. The van der Waals surface area contributed by atoms with E-state index in [0.717, 1.165) is 17.7 Å². The fraction of sp³-hybridized carbons (Fsp3) is 0.400. The largest absolute Gasteiger partial charge is 0.491 e. The van der Waals surface area contributed by atoms with E-state index >= 15 is 0 Å². The van der Waals surface area contributed by atoms with Crippen molar-refractivity contribution in [3.63, 3.8) is 0 Å². The number of ether oxygens (including phenoxy) is 1. The first-order valence-electron chi connectivity index (χ1n) is 12.9. The molecule has 0 N–H and O–H groups in total. The van der Waals surface area contributed by atoms with Crippen molar-refractivity contribution in [2.45, 2.75) is 46.1 Å². The van der Waals surface area contributed by atoms with E-state index in [9.17, 15) is 9.59 Å². The van der Waals surface area contributed by atoms with Crippen LogP contribution < -0.4 is 4.74 Å². The van der Waals surface area contributed by atoms with Crippen molar-refractivity contribution >= 4 is 34.8 Å². The summed E-state index contributed by atoms with van der Waals surface area (Å²) >= 11 is 7.86. The Morgan fingerprint density at radius 3 is 2.54 bits per heavy atom. The second kappa shape index (κ2) is 12.1. The third kappa shape index (κ3) is 6.74. The summed E-state index contributed by atoms with van der Waals surface area (Å²) in [5.74, 6) is 1.20. The number of fused-ring (bicyclic) bond motifs is 1. The summed E-state index contributed by atoms with van der Waals surface area (Å²) in [6.45, 7) is 9.89. The summed E-state index contributed by atoms with van der Waals surface area (Å²) in [6.07, 6.45) is 0.810. The number of hydrogen-bond donors (Lipinski definition) is 0. The number of carbonyl (C=O) groups is 2. The molecule has 1 aliphatic heterocycles. The Labute approximate surface area is 229 Å². The molecule has 1 aliphatic rings. The maximum Gasteiger partial charge on any atom is 0.254 e. The summed E-state index contributed by atoms with van der Waals surface area (Å²) in [7, 11) is 0. The maximum absolute atomic E-state index is 13.7. The van der Waals surface area contributed by atoms with Gasteiger partial charge in [-0.25, -0.2) is 0 Å². The molecule has 2 heterocycles. The molecular weight excluding hydrogens is 504 g/mol. The van der Waals surface area contributed by atoms with E-state index in [1.165, 1.54) is 10.4 Å². The molecule has 1 unspecified atom stereocenters. The predicted molar refractivity (Wildman–Crippen MR) is 151 cm³/mol. The van der Waals surface area contributed by atoms with Gasteiger partial charge >= 0.3 is 0 Å². The van der Waals surface area contributed by atoms with Gasteiger partial charge in [0, 0.05) is 28.6 Å². The molecule has 0 radical (unpaired) electrons. The van der Waals surface area contributed by atoms with Crippen LogP contribution in [0.2, 0.25) is 5.02 Å². The fourth-order valence-corrected chi connectivity index (χ4v) is 5.84. The van der Waals surface area contributed by atoms with E-state index < -0.39 is 0 Å². The average Bonchev–Trinajstić information content (AvgIpc) is 3.35. The number of rotatable bonds is 9. The molecule has 3 aromatic rings. The van der Waals surface area contributed by atoms with E-state index in [1.807, 2.05) is 30.9 Å². The zero-order valence-corrected chi connectivity index (χ0v) is 23.5. The summed E-state index contributed by atoms with van der Waals surface area (Å²) in [5, 5.41) is 2.58. The Kier molecular flexibility index (Phi) is 8.93. The molecule has 0 bridgehead atoms. The van der Waals surface area contributed by atoms with Crippen molar-refractivity contribution in [2.75, 3.05) is 26.2 Å². The van der Waals surface area contributed by atoms with E-state index in [2.05, 4.69) is 37.4 Å². The van der Waals surface area contributed by atoms with Gasteiger partial charge in [0.1, 0.15) is 18.9 Å². The minimum Gasteiger partial charge on any atom is -0.491 e. The predicted octanol–water partition coefficient (Wildman–Crippen LogP) is 6.83. The number of thiophene rings is 1. The van der Waals surface area contributed by atoms with Crippen LogP contribution in [-0.4, -0.2) is 47.9 Å². The first-order valence-corrected chi connectivity index (χ1v) is 14.1. The molecule has 0 saturated heterocycles. The van der Waals surface area contributed by atoms with Gasteiger partial charge in [0.05, 0.1) is 6.04 Å². The highest BCUT2D eigenvalue weighted by Crippen LogP contribution is 2.34. The molecule has 0 saturated carbocycles. The lowest BCUT2D eigenvalue weighted by Crippen LogP contribution is -2.48. The molecule has 0 fully saturated rings. The van der Waals surface area contributed by atoms with Gasteiger partial charge in [-0.05, 0) is 71.2 Å². The normalized spacial score (nSPS) is 15.1. The topological polar surface area (TPSA) is 49.9 Å². The quantitative estimate of drug-likeness (QED) is 0.300. The van der Waals surface area contributed by atoms with Crippen molar-refractivity contribution in [2.24, 2.45) is 5.92 Å². The summed E-state index contributed by atoms with van der Waals surface area (Å²) < 4.78 is 6.20. The van der Waals surface area contributed by atoms with Gasteiger partial charge in [-0.15, -0.1) is 11.3 Å². The molecular formula is C30H35ClN2O3S. The molecule has 37 heavy (non-hydrogen) atoms. The molecule has 1 atom stereocenters. The van der Waals surface area contributed by atoms with Gasteiger partial charge in [-0.3, -0.25) is 9.59 Å². The van der Waals surface area contributed by atoms with E-state index in [1.54, 1.807) is 40.5 Å². The van der Waals surface area contributed by atoms with Crippen molar-refractivity contribution in [3.05, 3.63) is 86.6 Å². The van der Waals surface area contributed by atoms with Crippen LogP contribution in [0.25, 0.3) is 0 Å². The van der Waals surface area contributed by atoms with Crippen molar-refractivity contribution < 1.29 is 14.3 Å². The van der Waals surface area contributed by atoms with Gasteiger partial charge in [-0.1, -0.05) is 57.5 Å². The molecule has 5 nitrogen and oxygen atoms in total. The highest BCUT2D eigenvalue weighted by Gasteiger charge is 2.33. The van der Waals surface area contributed by atoms with Gasteiger partial charge in [0.15, 0.2) is 0 Å². The first kappa shape index (κ1) is 27.2. The summed E-state index contributed by atoms with van der Waals surface area (Å²) in [4.78, 5) is 31.9. The highest BCUT2D eigenvalue weighted by molar-refractivity contribution is 7.10. The van der Waals surface area contributed by atoms with Gasteiger partial charge in [0.2, 0.25) is 5.91 Å². The van der Waals surface area contributed by atoms with Crippen LogP contribution in [0.3, 0.4) is 0 Å². The third-order valence-electron chi connectivity index (χ3n) is 6.64. The SMILES string of the molecule is CC(C)CN(CC(=O)N1CCc2sccc2C1COc1ccc(C(C)C)cc1)C(=O)c1cccc(Cl)c1. The van der Waals surface area contributed by atoms with Crippen LogP contribution in [0, 0.1) is 5.92 Å². The highest BCUT2D eigenvalue weighted by atomic mass is 35.5. The Morgan fingerprint density at radius 1 is 1.11 bits per heavy atom. The molecule has 0 spiro atoms. The van der Waals surface area contributed by atoms with Crippen molar-refractivity contribution in [3.8, 4) is 5.75 Å². The molecule has 1 aromatic heterocycles. The molecule has 196 valence electrons. The van der Waals surface area contributed by atoms with Gasteiger partial charge in [-0.2, -0.15) is 0 Å².